The molecule has 0 aliphatic carbocycles. The molecule has 1 saturated heterocycles. The Bertz CT molecular complexity index is 1700. The van der Waals surface area contributed by atoms with Crippen molar-refractivity contribution in [3.63, 3.8) is 0 Å². The number of nitrogens with one attached hydrogen (secondary N) is 1. The van der Waals surface area contributed by atoms with Crippen LogP contribution in [-0.4, -0.2) is 24.5 Å². The monoisotopic (exact) mass is 574 g/mol. The second-order valence-corrected chi connectivity index (χ2v) is 9.94. The number of benzene rings is 4. The van der Waals surface area contributed by atoms with Crippen LogP contribution in [-0.2, 0) is 16.2 Å². The number of hydrogen-bond donors (Lipinski definition) is 1. The summed E-state index contributed by atoms with van der Waals surface area (Å²) >= 11 is 12.8. The summed E-state index contributed by atoms with van der Waals surface area (Å²) in [6.45, 7) is 4.20. The van der Waals surface area contributed by atoms with E-state index >= 15 is 0 Å². The molecule has 0 unspecified atom stereocenters. The van der Waals surface area contributed by atoms with Crippen molar-refractivity contribution in [3.8, 4) is 11.5 Å². The highest BCUT2D eigenvalue weighted by molar-refractivity contribution is 6.39. The lowest BCUT2D eigenvalue weighted by molar-refractivity contribution is -0.122. The maximum atomic E-state index is 13.3. The molecule has 202 valence electrons. The zero-order chi connectivity index (χ0) is 28.4. The Morgan fingerprint density at radius 2 is 1.65 bits per heavy atom. The largest absolute Gasteiger partial charge is 0.490 e. The van der Waals surface area contributed by atoms with Crippen LogP contribution < -0.4 is 19.7 Å². The van der Waals surface area contributed by atoms with Crippen LogP contribution in [0.5, 0.6) is 11.5 Å². The van der Waals surface area contributed by atoms with Crippen LogP contribution in [0.3, 0.4) is 0 Å². The minimum Gasteiger partial charge on any atom is -0.490 e. The average molecular weight is 575 g/mol. The number of barbiturate groups is 1. The predicted octanol–water partition coefficient (Wildman–Crippen LogP) is 7.10. The third kappa shape index (κ3) is 5.52. The summed E-state index contributed by atoms with van der Waals surface area (Å²) in [5, 5.41) is 5.05. The third-order valence-electron chi connectivity index (χ3n) is 6.36. The quantitative estimate of drug-likeness (QED) is 0.188. The summed E-state index contributed by atoms with van der Waals surface area (Å²) in [6.07, 6.45) is 1.36. The number of ether oxygens (including phenoxy) is 2. The molecule has 1 fully saturated rings. The number of carbonyl (C=O) groups is 3. The van der Waals surface area contributed by atoms with Gasteiger partial charge in [-0.05, 0) is 77.7 Å². The smallest absolute Gasteiger partial charge is 0.335 e. The fourth-order valence-electron chi connectivity index (χ4n) is 4.34. The number of halogens is 2. The van der Waals surface area contributed by atoms with E-state index in [0.717, 1.165) is 26.8 Å². The van der Waals surface area contributed by atoms with E-state index in [4.69, 9.17) is 32.7 Å². The molecule has 4 aromatic rings. The molecular weight excluding hydrogens is 551 g/mol. The molecule has 40 heavy (non-hydrogen) atoms. The van der Waals surface area contributed by atoms with Gasteiger partial charge in [-0.2, -0.15) is 0 Å². The van der Waals surface area contributed by atoms with Gasteiger partial charge in [0.05, 0.1) is 17.3 Å². The molecule has 9 heteroatoms. The van der Waals surface area contributed by atoms with E-state index < -0.39 is 17.8 Å². The molecule has 5 rings (SSSR count). The van der Waals surface area contributed by atoms with Crippen molar-refractivity contribution in [2.24, 2.45) is 0 Å². The van der Waals surface area contributed by atoms with Crippen LogP contribution in [0.25, 0.3) is 16.8 Å². The second-order valence-electron chi connectivity index (χ2n) is 9.12. The van der Waals surface area contributed by atoms with Gasteiger partial charge in [-0.3, -0.25) is 14.9 Å². The molecule has 0 aromatic heterocycles. The molecule has 0 spiro atoms. The minimum absolute atomic E-state index is 0.237. The van der Waals surface area contributed by atoms with Crippen molar-refractivity contribution < 1.29 is 23.9 Å². The molecular formula is C31H24Cl2N2O5. The van der Waals surface area contributed by atoms with Gasteiger partial charge < -0.3 is 9.47 Å². The number of urea groups is 1. The van der Waals surface area contributed by atoms with Gasteiger partial charge in [-0.15, -0.1) is 0 Å². The van der Waals surface area contributed by atoms with Crippen molar-refractivity contribution in [1.82, 2.24) is 5.32 Å². The SMILES string of the molecule is CCOc1cc(/C=C2/C(=O)NC(=O)N(c3ccc(C)c(Cl)c3)C2=O)cc(Cl)c1OCc1ccc2ccccc2c1. The Kier molecular flexibility index (Phi) is 7.78. The van der Waals surface area contributed by atoms with E-state index in [2.05, 4.69) is 5.32 Å². The first-order valence-electron chi connectivity index (χ1n) is 12.5. The number of hydrogen-bond acceptors (Lipinski definition) is 5. The third-order valence-corrected chi connectivity index (χ3v) is 7.04. The molecule has 0 atom stereocenters. The van der Waals surface area contributed by atoms with Gasteiger partial charge in [0, 0.05) is 5.02 Å². The van der Waals surface area contributed by atoms with Crippen molar-refractivity contribution >= 4 is 63.6 Å². The summed E-state index contributed by atoms with van der Waals surface area (Å²) in [6, 6.07) is 21.2. The molecule has 1 aliphatic rings. The van der Waals surface area contributed by atoms with E-state index in [1.165, 1.54) is 12.1 Å². The molecule has 7 nitrogen and oxygen atoms in total. The summed E-state index contributed by atoms with van der Waals surface area (Å²) in [7, 11) is 0. The van der Waals surface area contributed by atoms with E-state index in [-0.39, 0.29) is 22.9 Å². The molecule has 4 aromatic carbocycles. The van der Waals surface area contributed by atoms with Crippen LogP contribution >= 0.6 is 23.2 Å². The highest BCUT2D eigenvalue weighted by Gasteiger charge is 2.37. The van der Waals surface area contributed by atoms with Gasteiger partial charge >= 0.3 is 6.03 Å². The van der Waals surface area contributed by atoms with Crippen LogP contribution in [0.1, 0.15) is 23.6 Å². The number of imide groups is 2. The summed E-state index contributed by atoms with van der Waals surface area (Å²) in [4.78, 5) is 39.4. The van der Waals surface area contributed by atoms with Gasteiger partial charge in [-0.25, -0.2) is 9.69 Å². The first kappa shape index (κ1) is 27.2. The fourth-order valence-corrected chi connectivity index (χ4v) is 4.79. The van der Waals surface area contributed by atoms with E-state index in [9.17, 15) is 14.4 Å². The zero-order valence-corrected chi connectivity index (χ0v) is 23.2. The topological polar surface area (TPSA) is 84.9 Å². The first-order chi connectivity index (χ1) is 19.2. The number of amides is 4. The second kappa shape index (κ2) is 11.4. The van der Waals surface area contributed by atoms with E-state index in [1.807, 2.05) is 49.4 Å². The normalized spacial score (nSPS) is 14.6. The highest BCUT2D eigenvalue weighted by Crippen LogP contribution is 2.38. The maximum absolute atomic E-state index is 13.3. The molecule has 4 amide bonds. The number of fused-ring (bicyclic) bond motifs is 1. The Hall–Kier alpha value is -4.33. The van der Waals surface area contributed by atoms with Crippen LogP contribution in [0.15, 0.2) is 78.4 Å². The van der Waals surface area contributed by atoms with Crippen LogP contribution in [0, 0.1) is 6.92 Å². The molecule has 1 aliphatic heterocycles. The number of rotatable bonds is 7. The number of aryl methyl sites for hydroxylation is 1. The zero-order valence-electron chi connectivity index (χ0n) is 21.7. The van der Waals surface area contributed by atoms with Crippen molar-refractivity contribution in [2.45, 2.75) is 20.5 Å². The lowest BCUT2D eigenvalue weighted by Gasteiger charge is -2.26. The predicted molar refractivity (Wildman–Crippen MR) is 156 cm³/mol. The number of carbonyl (C=O) groups excluding carboxylic acids is 3. The minimum atomic E-state index is -0.863. The van der Waals surface area contributed by atoms with Crippen molar-refractivity contribution in [2.75, 3.05) is 11.5 Å². The molecule has 0 saturated carbocycles. The first-order valence-corrected chi connectivity index (χ1v) is 13.2. The highest BCUT2D eigenvalue weighted by atomic mass is 35.5. The van der Waals surface area contributed by atoms with Gasteiger partial charge in [0.15, 0.2) is 11.5 Å². The van der Waals surface area contributed by atoms with Gasteiger partial charge in [0.1, 0.15) is 12.2 Å². The summed E-state index contributed by atoms with van der Waals surface area (Å²) in [5.41, 5.74) is 2.14. The van der Waals surface area contributed by atoms with Gasteiger partial charge in [0.25, 0.3) is 11.8 Å². The molecule has 0 radical (unpaired) electrons. The van der Waals surface area contributed by atoms with E-state index in [1.54, 1.807) is 31.2 Å². The number of anilines is 1. The molecule has 1 heterocycles. The van der Waals surface area contributed by atoms with Crippen LogP contribution in [0.4, 0.5) is 10.5 Å². The Morgan fingerprint density at radius 3 is 2.40 bits per heavy atom. The van der Waals surface area contributed by atoms with E-state index in [0.29, 0.717) is 28.7 Å². The number of nitrogens with zero attached hydrogens (tertiary/aromatic N) is 1. The summed E-state index contributed by atoms with van der Waals surface area (Å²) < 4.78 is 11.9. The molecule has 1 N–H and O–H groups in total. The van der Waals surface area contributed by atoms with Gasteiger partial charge in [0.2, 0.25) is 0 Å². The van der Waals surface area contributed by atoms with Crippen LogP contribution in [0.2, 0.25) is 10.0 Å². The maximum Gasteiger partial charge on any atom is 0.335 e. The lowest BCUT2D eigenvalue weighted by atomic mass is 10.1. The van der Waals surface area contributed by atoms with Crippen molar-refractivity contribution in [3.05, 3.63) is 105 Å². The standard InChI is InChI=1S/C31H24Cl2N2O5/c1-3-39-27-15-20(14-26(33)28(27)40-17-19-9-10-21-6-4-5-7-22(21)12-19)13-24-29(36)34-31(38)35(30(24)37)23-11-8-18(2)25(32)16-23/h4-16H,3,17H2,1-2H3,(H,34,36,38)/b24-13-. The van der Waals surface area contributed by atoms with Gasteiger partial charge in [-0.1, -0.05) is 65.7 Å². The Labute approximate surface area is 240 Å². The average Bonchev–Trinajstić information content (AvgIpc) is 2.92. The Balaban J connectivity index is 1.44. The Morgan fingerprint density at radius 1 is 0.875 bits per heavy atom. The van der Waals surface area contributed by atoms with Crippen molar-refractivity contribution in [1.29, 1.82) is 0 Å². The lowest BCUT2D eigenvalue weighted by Crippen LogP contribution is -2.54. The molecule has 0 bridgehead atoms. The fraction of sp³-hybridized carbons (Fsp3) is 0.129. The summed E-state index contributed by atoms with van der Waals surface area (Å²) in [5.74, 6) is -0.927.